The molecule has 19 heavy (non-hydrogen) atoms. The van der Waals surface area contributed by atoms with Crippen molar-refractivity contribution in [1.82, 2.24) is 14.5 Å². The molecule has 0 aliphatic carbocycles. The minimum atomic E-state index is 0.443. The molecule has 0 atom stereocenters. The van der Waals surface area contributed by atoms with Crippen LogP contribution in [-0.4, -0.2) is 14.5 Å². The molecule has 0 saturated heterocycles. The summed E-state index contributed by atoms with van der Waals surface area (Å²) in [5, 5.41) is 0. The van der Waals surface area contributed by atoms with Gasteiger partial charge in [0.1, 0.15) is 12.1 Å². The number of nitrogens with two attached hydrogens (primary N) is 1. The average Bonchev–Trinajstić information content (AvgIpc) is 2.82. The van der Waals surface area contributed by atoms with Gasteiger partial charge >= 0.3 is 0 Å². The van der Waals surface area contributed by atoms with E-state index in [0.717, 1.165) is 22.5 Å². The summed E-state index contributed by atoms with van der Waals surface area (Å²) in [6.45, 7) is 4.65. The average molecular weight is 252 g/mol. The molecule has 3 aromatic rings. The quantitative estimate of drug-likeness (QED) is 0.762. The molecule has 2 aromatic heterocycles. The van der Waals surface area contributed by atoms with Crippen LogP contribution in [0.4, 0.5) is 0 Å². The maximum Gasteiger partial charge on any atom is 0.138 e. The zero-order valence-corrected chi connectivity index (χ0v) is 11.1. The molecule has 0 aliphatic heterocycles. The number of pyridine rings is 1. The van der Waals surface area contributed by atoms with Crippen LogP contribution in [0.1, 0.15) is 16.8 Å². The third kappa shape index (κ3) is 2.00. The molecule has 2 N–H and O–H groups in total. The van der Waals surface area contributed by atoms with Gasteiger partial charge in [-0.1, -0.05) is 6.07 Å². The van der Waals surface area contributed by atoms with Crippen molar-refractivity contribution in [2.24, 2.45) is 5.73 Å². The fourth-order valence-corrected chi connectivity index (χ4v) is 2.16. The number of imidazole rings is 1. The molecule has 0 saturated carbocycles. The van der Waals surface area contributed by atoms with E-state index in [-0.39, 0.29) is 0 Å². The molecule has 1 aromatic carbocycles. The van der Waals surface area contributed by atoms with Crippen LogP contribution >= 0.6 is 0 Å². The van der Waals surface area contributed by atoms with Gasteiger partial charge in [0.15, 0.2) is 0 Å². The molecule has 0 amide bonds. The van der Waals surface area contributed by atoms with Gasteiger partial charge in [-0.25, -0.2) is 9.97 Å². The number of hydrogen-bond donors (Lipinski definition) is 1. The van der Waals surface area contributed by atoms with E-state index in [1.54, 1.807) is 0 Å². The zero-order chi connectivity index (χ0) is 13.4. The summed E-state index contributed by atoms with van der Waals surface area (Å²) in [6, 6.07) is 10.1. The Morgan fingerprint density at radius 2 is 1.95 bits per heavy atom. The molecule has 2 heterocycles. The number of rotatable bonds is 2. The van der Waals surface area contributed by atoms with Crippen LogP contribution in [0.25, 0.3) is 16.9 Å². The van der Waals surface area contributed by atoms with Crippen molar-refractivity contribution in [3.05, 3.63) is 53.5 Å². The Morgan fingerprint density at radius 1 is 1.16 bits per heavy atom. The first-order valence-corrected chi connectivity index (χ1v) is 6.29. The number of aromatic nitrogens is 3. The first kappa shape index (κ1) is 11.9. The predicted octanol–water partition coefficient (Wildman–Crippen LogP) is 2.50. The van der Waals surface area contributed by atoms with Crippen molar-refractivity contribution in [2.45, 2.75) is 20.4 Å². The lowest BCUT2D eigenvalue weighted by Crippen LogP contribution is -2.03. The van der Waals surface area contributed by atoms with Crippen molar-refractivity contribution >= 4 is 11.0 Å². The molecule has 0 unspecified atom stereocenters. The summed E-state index contributed by atoms with van der Waals surface area (Å²) < 4.78 is 2.00. The van der Waals surface area contributed by atoms with E-state index in [1.165, 1.54) is 11.1 Å². The molecule has 0 bridgehead atoms. The standard InChI is InChI=1S/C15H16N4/c1-10-6-13-14(7-11(10)2)19(9-17-13)15-5-3-4-12(8-16)18-15/h3-7,9H,8,16H2,1-2H3. The summed E-state index contributed by atoms with van der Waals surface area (Å²) in [5.74, 6) is 0.855. The SMILES string of the molecule is Cc1cc2ncn(-c3cccc(CN)n3)c2cc1C. The normalized spacial score (nSPS) is 11.1. The summed E-state index contributed by atoms with van der Waals surface area (Å²) in [5.41, 5.74) is 11.1. The lowest BCUT2D eigenvalue weighted by molar-refractivity contribution is 0.938. The lowest BCUT2D eigenvalue weighted by atomic mass is 10.1. The number of aryl methyl sites for hydroxylation is 2. The van der Waals surface area contributed by atoms with E-state index < -0.39 is 0 Å². The molecule has 4 nitrogen and oxygen atoms in total. The summed E-state index contributed by atoms with van der Waals surface area (Å²) >= 11 is 0. The fraction of sp³-hybridized carbons (Fsp3) is 0.200. The van der Waals surface area contributed by atoms with Crippen LogP contribution in [0.3, 0.4) is 0 Å². The Balaban J connectivity index is 2.22. The monoisotopic (exact) mass is 252 g/mol. The smallest absolute Gasteiger partial charge is 0.138 e. The van der Waals surface area contributed by atoms with Gasteiger partial charge in [0, 0.05) is 6.54 Å². The van der Waals surface area contributed by atoms with Gasteiger partial charge < -0.3 is 5.73 Å². The molecule has 3 rings (SSSR count). The zero-order valence-electron chi connectivity index (χ0n) is 11.1. The van der Waals surface area contributed by atoms with E-state index in [1.807, 2.05) is 29.1 Å². The first-order valence-electron chi connectivity index (χ1n) is 6.29. The topological polar surface area (TPSA) is 56.7 Å². The Labute approximate surface area is 111 Å². The van der Waals surface area contributed by atoms with Crippen molar-refractivity contribution < 1.29 is 0 Å². The third-order valence-corrected chi connectivity index (χ3v) is 3.41. The Kier molecular flexibility index (Phi) is 2.80. The van der Waals surface area contributed by atoms with Crippen LogP contribution in [0.5, 0.6) is 0 Å². The van der Waals surface area contributed by atoms with Crippen LogP contribution < -0.4 is 5.73 Å². The van der Waals surface area contributed by atoms with E-state index in [0.29, 0.717) is 6.54 Å². The van der Waals surface area contributed by atoms with Gasteiger partial charge in [0.05, 0.1) is 16.7 Å². The van der Waals surface area contributed by atoms with Gasteiger partial charge in [-0.3, -0.25) is 4.57 Å². The molecular weight excluding hydrogens is 236 g/mol. The highest BCUT2D eigenvalue weighted by Gasteiger charge is 2.07. The Bertz CT molecular complexity index is 743. The molecule has 0 radical (unpaired) electrons. The fourth-order valence-electron chi connectivity index (χ4n) is 2.16. The molecule has 0 fully saturated rings. The van der Waals surface area contributed by atoms with Gasteiger partial charge in [-0.2, -0.15) is 0 Å². The van der Waals surface area contributed by atoms with Crippen molar-refractivity contribution in [3.8, 4) is 5.82 Å². The van der Waals surface area contributed by atoms with Gasteiger partial charge in [0.2, 0.25) is 0 Å². The number of nitrogens with zero attached hydrogens (tertiary/aromatic N) is 3. The minimum absolute atomic E-state index is 0.443. The van der Waals surface area contributed by atoms with E-state index in [4.69, 9.17) is 5.73 Å². The number of fused-ring (bicyclic) bond motifs is 1. The molecule has 0 aliphatic rings. The number of benzene rings is 1. The van der Waals surface area contributed by atoms with E-state index in [9.17, 15) is 0 Å². The highest BCUT2D eigenvalue weighted by molar-refractivity contribution is 5.78. The van der Waals surface area contributed by atoms with Crippen LogP contribution in [0.15, 0.2) is 36.7 Å². The maximum absolute atomic E-state index is 5.64. The Morgan fingerprint density at radius 3 is 2.74 bits per heavy atom. The molecular formula is C15H16N4. The lowest BCUT2D eigenvalue weighted by Gasteiger charge is -2.06. The van der Waals surface area contributed by atoms with Crippen LogP contribution in [0.2, 0.25) is 0 Å². The van der Waals surface area contributed by atoms with Crippen LogP contribution in [-0.2, 0) is 6.54 Å². The molecule has 96 valence electrons. The maximum atomic E-state index is 5.64. The van der Waals surface area contributed by atoms with Gasteiger partial charge in [0.25, 0.3) is 0 Å². The number of hydrogen-bond acceptors (Lipinski definition) is 3. The highest BCUT2D eigenvalue weighted by Crippen LogP contribution is 2.21. The van der Waals surface area contributed by atoms with Gasteiger partial charge in [-0.15, -0.1) is 0 Å². The van der Waals surface area contributed by atoms with E-state index in [2.05, 4.69) is 35.9 Å². The van der Waals surface area contributed by atoms with E-state index >= 15 is 0 Å². The first-order chi connectivity index (χ1) is 9.19. The summed E-state index contributed by atoms with van der Waals surface area (Å²) in [6.07, 6.45) is 1.81. The van der Waals surface area contributed by atoms with Crippen LogP contribution in [0, 0.1) is 13.8 Å². The van der Waals surface area contributed by atoms with Gasteiger partial charge in [-0.05, 0) is 49.2 Å². The summed E-state index contributed by atoms with van der Waals surface area (Å²) in [4.78, 5) is 8.98. The second-order valence-electron chi connectivity index (χ2n) is 4.73. The minimum Gasteiger partial charge on any atom is -0.325 e. The molecule has 4 heteroatoms. The second kappa shape index (κ2) is 4.48. The second-order valence-corrected chi connectivity index (χ2v) is 4.73. The predicted molar refractivity (Wildman–Crippen MR) is 76.2 cm³/mol. The van der Waals surface area contributed by atoms with Crippen molar-refractivity contribution in [3.63, 3.8) is 0 Å². The molecule has 0 spiro atoms. The third-order valence-electron chi connectivity index (χ3n) is 3.41. The van der Waals surface area contributed by atoms with Crippen molar-refractivity contribution in [2.75, 3.05) is 0 Å². The summed E-state index contributed by atoms with van der Waals surface area (Å²) in [7, 11) is 0. The Hall–Kier alpha value is -2.20. The largest absolute Gasteiger partial charge is 0.325 e. The highest BCUT2D eigenvalue weighted by atomic mass is 15.1. The van der Waals surface area contributed by atoms with Crippen molar-refractivity contribution in [1.29, 1.82) is 0 Å².